The molecule has 0 atom stereocenters. The molecule has 0 saturated heterocycles. The molecule has 0 aromatic heterocycles. The summed E-state index contributed by atoms with van der Waals surface area (Å²) in [7, 11) is -3.57. The monoisotopic (exact) mass is 390 g/mol. The van der Waals surface area contributed by atoms with Crippen molar-refractivity contribution in [2.75, 3.05) is 18.8 Å². The van der Waals surface area contributed by atoms with Gasteiger partial charge in [-0.3, -0.25) is 4.79 Å². The normalized spacial score (nSPS) is 11.1. The van der Waals surface area contributed by atoms with Crippen molar-refractivity contribution in [2.24, 2.45) is 0 Å². The Morgan fingerprint density at radius 3 is 2.42 bits per heavy atom. The first-order valence-corrected chi connectivity index (χ1v) is 10.7. The van der Waals surface area contributed by atoms with Gasteiger partial charge in [-0.15, -0.1) is 18.3 Å². The molecule has 0 bridgehead atoms. The van der Waals surface area contributed by atoms with Crippen LogP contribution in [0.4, 0.5) is 0 Å². The molecule has 0 aliphatic heterocycles. The summed E-state index contributed by atoms with van der Waals surface area (Å²) in [6, 6.07) is 16.0. The van der Waals surface area contributed by atoms with E-state index >= 15 is 0 Å². The lowest BCUT2D eigenvalue weighted by Gasteiger charge is -2.07. The van der Waals surface area contributed by atoms with Gasteiger partial charge in [-0.25, -0.2) is 13.1 Å². The zero-order chi connectivity index (χ0) is 18.8. The number of benzene rings is 2. The number of amides is 1. The number of hydrogen-bond donors (Lipinski definition) is 2. The molecule has 0 aliphatic carbocycles. The molecule has 1 amide bonds. The number of carbonyl (C=O) groups excluding carboxylic acids is 1. The van der Waals surface area contributed by atoms with Crippen molar-refractivity contribution in [3.05, 3.63) is 72.8 Å². The van der Waals surface area contributed by atoms with Crippen molar-refractivity contribution in [2.45, 2.75) is 16.2 Å². The second-order valence-corrected chi connectivity index (χ2v) is 8.37. The van der Waals surface area contributed by atoms with Crippen LogP contribution in [0.1, 0.15) is 16.8 Å². The molecule has 0 aliphatic rings. The molecule has 2 aromatic carbocycles. The third-order valence-corrected chi connectivity index (χ3v) is 6.00. The molecule has 0 radical (unpaired) electrons. The summed E-state index contributed by atoms with van der Waals surface area (Å²) >= 11 is 1.75. The van der Waals surface area contributed by atoms with Crippen molar-refractivity contribution in [1.29, 1.82) is 0 Å². The Labute approximate surface area is 158 Å². The third-order valence-electron chi connectivity index (χ3n) is 3.46. The molecule has 0 unspecified atom stereocenters. The number of rotatable bonds is 10. The smallest absolute Gasteiger partial charge is 0.251 e. The fourth-order valence-corrected chi connectivity index (χ4v) is 3.99. The van der Waals surface area contributed by atoms with Gasteiger partial charge in [-0.05, 0) is 48.6 Å². The number of carbonyl (C=O) groups is 1. The van der Waals surface area contributed by atoms with Crippen molar-refractivity contribution in [3.63, 3.8) is 0 Å². The summed E-state index contributed by atoms with van der Waals surface area (Å²) in [6.07, 6.45) is 2.32. The van der Waals surface area contributed by atoms with Crippen LogP contribution in [0.2, 0.25) is 0 Å². The maximum absolute atomic E-state index is 12.1. The Hall–Kier alpha value is -2.09. The molecular weight excluding hydrogens is 368 g/mol. The summed E-state index contributed by atoms with van der Waals surface area (Å²) in [5.41, 5.74) is 0.434. The zero-order valence-corrected chi connectivity index (χ0v) is 16.0. The molecule has 2 rings (SSSR count). The van der Waals surface area contributed by atoms with Crippen molar-refractivity contribution in [3.8, 4) is 0 Å². The predicted molar refractivity (Wildman–Crippen MR) is 106 cm³/mol. The Balaban J connectivity index is 1.78. The van der Waals surface area contributed by atoms with Crippen molar-refractivity contribution < 1.29 is 13.2 Å². The Morgan fingerprint density at radius 2 is 1.77 bits per heavy atom. The Morgan fingerprint density at radius 1 is 1.08 bits per heavy atom. The number of nitrogens with one attached hydrogen (secondary N) is 2. The number of sulfonamides is 1. The van der Waals surface area contributed by atoms with Crippen LogP contribution in [0.5, 0.6) is 0 Å². The van der Waals surface area contributed by atoms with Crippen LogP contribution in [0.15, 0.2) is 77.0 Å². The van der Waals surface area contributed by atoms with Gasteiger partial charge in [0.25, 0.3) is 5.91 Å². The fourth-order valence-electron chi connectivity index (χ4n) is 2.12. The number of thioether (sulfide) groups is 1. The first kappa shape index (κ1) is 20.2. The minimum Gasteiger partial charge on any atom is -0.352 e. The van der Waals surface area contributed by atoms with E-state index in [4.69, 9.17) is 0 Å². The van der Waals surface area contributed by atoms with E-state index in [0.29, 0.717) is 12.1 Å². The standard InChI is InChI=1S/C19H22N2O3S2/c1-2-13-21-26(23,24)18-11-9-16(10-12-18)19(22)20-14-6-15-25-17-7-4-3-5-8-17/h2-5,7-12,21H,1,6,13-15H2,(H,20,22). The van der Waals surface area contributed by atoms with E-state index in [-0.39, 0.29) is 17.3 Å². The van der Waals surface area contributed by atoms with E-state index in [0.717, 1.165) is 12.2 Å². The third kappa shape index (κ3) is 6.33. The highest BCUT2D eigenvalue weighted by Gasteiger charge is 2.13. The van der Waals surface area contributed by atoms with Gasteiger partial charge in [0.15, 0.2) is 0 Å². The van der Waals surface area contributed by atoms with E-state index < -0.39 is 10.0 Å². The van der Waals surface area contributed by atoms with E-state index in [1.54, 1.807) is 11.8 Å². The lowest BCUT2D eigenvalue weighted by molar-refractivity contribution is 0.0953. The first-order chi connectivity index (χ1) is 12.5. The molecule has 7 heteroatoms. The van der Waals surface area contributed by atoms with Crippen LogP contribution in [0.25, 0.3) is 0 Å². The highest BCUT2D eigenvalue weighted by molar-refractivity contribution is 7.99. The van der Waals surface area contributed by atoms with Gasteiger partial charge in [0.2, 0.25) is 10.0 Å². The quantitative estimate of drug-likeness (QED) is 0.371. The van der Waals surface area contributed by atoms with Crippen LogP contribution in [0, 0.1) is 0 Å². The minimum atomic E-state index is -3.57. The van der Waals surface area contributed by atoms with Crippen LogP contribution in [0.3, 0.4) is 0 Å². The van der Waals surface area contributed by atoms with Crippen LogP contribution in [-0.2, 0) is 10.0 Å². The highest BCUT2D eigenvalue weighted by atomic mass is 32.2. The average molecular weight is 391 g/mol. The summed E-state index contributed by atoms with van der Waals surface area (Å²) in [5, 5.41) is 2.85. The number of hydrogen-bond acceptors (Lipinski definition) is 4. The van der Waals surface area contributed by atoms with Gasteiger partial charge in [0, 0.05) is 23.5 Å². The summed E-state index contributed by atoms with van der Waals surface area (Å²) in [5.74, 6) is 0.703. The zero-order valence-electron chi connectivity index (χ0n) is 14.4. The molecule has 5 nitrogen and oxygen atoms in total. The summed E-state index contributed by atoms with van der Waals surface area (Å²) < 4.78 is 26.3. The highest BCUT2D eigenvalue weighted by Crippen LogP contribution is 2.17. The molecule has 2 N–H and O–H groups in total. The maximum atomic E-state index is 12.1. The second-order valence-electron chi connectivity index (χ2n) is 5.44. The van der Waals surface area contributed by atoms with Gasteiger partial charge in [-0.1, -0.05) is 24.3 Å². The molecule has 138 valence electrons. The predicted octanol–water partition coefficient (Wildman–Crippen LogP) is 3.06. The topological polar surface area (TPSA) is 75.3 Å². The summed E-state index contributed by atoms with van der Waals surface area (Å²) in [4.78, 5) is 13.4. The van der Waals surface area contributed by atoms with Crippen LogP contribution in [-0.4, -0.2) is 33.2 Å². The van der Waals surface area contributed by atoms with Crippen LogP contribution < -0.4 is 10.0 Å². The molecular formula is C19H22N2O3S2. The fraction of sp³-hybridized carbons (Fsp3) is 0.211. The van der Waals surface area contributed by atoms with E-state index in [1.165, 1.54) is 35.2 Å². The maximum Gasteiger partial charge on any atom is 0.251 e. The van der Waals surface area contributed by atoms with E-state index in [1.807, 2.05) is 18.2 Å². The molecule has 0 spiro atoms. The van der Waals surface area contributed by atoms with Gasteiger partial charge < -0.3 is 5.32 Å². The summed E-state index contributed by atoms with van der Waals surface area (Å²) in [6.45, 7) is 4.20. The minimum absolute atomic E-state index is 0.121. The molecule has 0 saturated carbocycles. The van der Waals surface area contributed by atoms with E-state index in [9.17, 15) is 13.2 Å². The average Bonchev–Trinajstić information content (AvgIpc) is 2.67. The van der Waals surface area contributed by atoms with Crippen molar-refractivity contribution >= 4 is 27.7 Å². The van der Waals surface area contributed by atoms with Gasteiger partial charge >= 0.3 is 0 Å². The largest absolute Gasteiger partial charge is 0.352 e. The van der Waals surface area contributed by atoms with Crippen molar-refractivity contribution in [1.82, 2.24) is 10.0 Å². The van der Waals surface area contributed by atoms with E-state index in [2.05, 4.69) is 28.8 Å². The lowest BCUT2D eigenvalue weighted by atomic mass is 10.2. The molecule has 0 heterocycles. The Bertz CT molecular complexity index is 820. The molecule has 0 fully saturated rings. The van der Waals surface area contributed by atoms with Gasteiger partial charge in [0.05, 0.1) is 4.90 Å². The van der Waals surface area contributed by atoms with Crippen LogP contribution >= 0.6 is 11.8 Å². The lowest BCUT2D eigenvalue weighted by Crippen LogP contribution is -2.25. The molecule has 2 aromatic rings. The van der Waals surface area contributed by atoms with Gasteiger partial charge in [-0.2, -0.15) is 0 Å². The SMILES string of the molecule is C=CCNS(=O)(=O)c1ccc(C(=O)NCCCSc2ccccc2)cc1. The molecule has 26 heavy (non-hydrogen) atoms. The first-order valence-electron chi connectivity index (χ1n) is 8.19. The second kappa shape index (κ2) is 10.2. The van der Waals surface area contributed by atoms with Gasteiger partial charge in [0.1, 0.15) is 0 Å². The Kier molecular flexibility index (Phi) is 7.90.